The predicted octanol–water partition coefficient (Wildman–Crippen LogP) is 2.06. The van der Waals surface area contributed by atoms with Gasteiger partial charge in [-0.25, -0.2) is 4.98 Å². The van der Waals surface area contributed by atoms with Gasteiger partial charge in [-0.3, -0.25) is 0 Å². The molecule has 14 heavy (non-hydrogen) atoms. The molecular weight excluding hydrogens is 176 g/mol. The number of aromatic nitrogens is 1. The van der Waals surface area contributed by atoms with Crippen molar-refractivity contribution < 1.29 is 4.74 Å². The number of pyridine rings is 1. The Kier molecular flexibility index (Phi) is 4.13. The van der Waals surface area contributed by atoms with Crippen LogP contribution in [0.25, 0.3) is 0 Å². The average Bonchev–Trinajstić information content (AvgIpc) is 2.19. The molecule has 1 heterocycles. The van der Waals surface area contributed by atoms with Gasteiger partial charge in [0.05, 0.1) is 6.61 Å². The number of nitrogens with zero attached hydrogens (tertiary/aromatic N) is 1. The van der Waals surface area contributed by atoms with Gasteiger partial charge in [-0.2, -0.15) is 0 Å². The number of hydrogen-bond acceptors (Lipinski definition) is 3. The lowest BCUT2D eigenvalue weighted by molar-refractivity contribution is 0.320. The first-order valence-corrected chi connectivity index (χ1v) is 4.73. The molecule has 1 rings (SSSR count). The molecule has 0 fully saturated rings. The Labute approximate surface area is 84.6 Å². The van der Waals surface area contributed by atoms with Crippen LogP contribution in [-0.2, 0) is 0 Å². The van der Waals surface area contributed by atoms with Crippen LogP contribution >= 0.6 is 0 Å². The second kappa shape index (κ2) is 5.40. The molecule has 76 valence electrons. The molecule has 0 spiro atoms. The number of hydrogen-bond donors (Lipinski definition) is 1. The van der Waals surface area contributed by atoms with Gasteiger partial charge in [0.2, 0.25) is 5.88 Å². The van der Waals surface area contributed by atoms with E-state index in [1.165, 1.54) is 0 Å². The molecule has 3 heteroatoms. The van der Waals surface area contributed by atoms with Crippen molar-refractivity contribution in [3.63, 3.8) is 0 Å². The van der Waals surface area contributed by atoms with Crippen LogP contribution < -0.4 is 10.5 Å². The van der Waals surface area contributed by atoms with Gasteiger partial charge in [0.1, 0.15) is 0 Å². The Bertz CT molecular complexity index is 299. The summed E-state index contributed by atoms with van der Waals surface area (Å²) in [7, 11) is 0. The highest BCUT2D eigenvalue weighted by Crippen LogP contribution is 2.22. The van der Waals surface area contributed by atoms with E-state index in [1.54, 1.807) is 12.3 Å². The van der Waals surface area contributed by atoms with Gasteiger partial charge in [-0.1, -0.05) is 12.1 Å². The minimum atomic E-state index is -0.0808. The van der Waals surface area contributed by atoms with Gasteiger partial charge < -0.3 is 10.5 Å². The zero-order valence-electron chi connectivity index (χ0n) is 8.44. The molecule has 1 aromatic rings. The van der Waals surface area contributed by atoms with Crippen LogP contribution in [0, 0.1) is 0 Å². The van der Waals surface area contributed by atoms with Crippen molar-refractivity contribution in [2.45, 2.75) is 19.4 Å². The molecule has 0 aliphatic rings. The first-order chi connectivity index (χ1) is 6.79. The molecule has 0 amide bonds. The highest BCUT2D eigenvalue weighted by atomic mass is 16.5. The van der Waals surface area contributed by atoms with E-state index in [1.807, 2.05) is 19.1 Å². The zero-order valence-corrected chi connectivity index (χ0v) is 8.44. The Hall–Kier alpha value is -1.35. The molecule has 0 aromatic carbocycles. The van der Waals surface area contributed by atoms with Crippen molar-refractivity contribution in [3.05, 3.63) is 36.5 Å². The molecule has 1 aromatic heterocycles. The van der Waals surface area contributed by atoms with Crippen LogP contribution in [0.1, 0.15) is 24.9 Å². The summed E-state index contributed by atoms with van der Waals surface area (Å²) in [5, 5.41) is 0. The van der Waals surface area contributed by atoms with Gasteiger partial charge >= 0.3 is 0 Å². The second-order valence-corrected chi connectivity index (χ2v) is 2.96. The Morgan fingerprint density at radius 1 is 1.71 bits per heavy atom. The highest BCUT2D eigenvalue weighted by Gasteiger charge is 2.10. The highest BCUT2D eigenvalue weighted by molar-refractivity contribution is 5.29. The fourth-order valence-electron chi connectivity index (χ4n) is 1.25. The fraction of sp³-hybridized carbons (Fsp3) is 0.364. The van der Waals surface area contributed by atoms with Crippen molar-refractivity contribution in [2.24, 2.45) is 5.73 Å². The van der Waals surface area contributed by atoms with Crippen molar-refractivity contribution >= 4 is 0 Å². The summed E-state index contributed by atoms with van der Waals surface area (Å²) in [4.78, 5) is 4.14. The van der Waals surface area contributed by atoms with Crippen LogP contribution in [0.3, 0.4) is 0 Å². The molecule has 0 saturated carbocycles. The summed E-state index contributed by atoms with van der Waals surface area (Å²) in [6, 6.07) is 3.72. The fourth-order valence-corrected chi connectivity index (χ4v) is 1.25. The molecule has 0 radical (unpaired) electrons. The number of ether oxygens (including phenoxy) is 1. The van der Waals surface area contributed by atoms with Crippen molar-refractivity contribution in [1.82, 2.24) is 4.98 Å². The molecule has 0 saturated heterocycles. The summed E-state index contributed by atoms with van der Waals surface area (Å²) in [6.45, 7) is 6.19. The van der Waals surface area contributed by atoms with Crippen molar-refractivity contribution in [3.8, 4) is 5.88 Å². The third kappa shape index (κ3) is 2.57. The minimum absolute atomic E-state index is 0.0808. The average molecular weight is 192 g/mol. The lowest BCUT2D eigenvalue weighted by Crippen LogP contribution is -2.11. The number of nitrogens with two attached hydrogens (primary N) is 1. The number of rotatable bonds is 5. The normalized spacial score (nSPS) is 12.1. The van der Waals surface area contributed by atoms with Crippen LogP contribution in [0.5, 0.6) is 5.88 Å². The molecule has 2 N–H and O–H groups in total. The topological polar surface area (TPSA) is 48.1 Å². The zero-order chi connectivity index (χ0) is 10.4. The lowest BCUT2D eigenvalue weighted by Gasteiger charge is -2.13. The summed E-state index contributed by atoms with van der Waals surface area (Å²) in [6.07, 6.45) is 4.23. The predicted molar refractivity (Wildman–Crippen MR) is 57.1 cm³/mol. The Morgan fingerprint density at radius 2 is 2.50 bits per heavy atom. The molecule has 1 atom stereocenters. The van der Waals surface area contributed by atoms with Gasteiger partial charge in [-0.15, -0.1) is 6.58 Å². The third-order valence-corrected chi connectivity index (χ3v) is 1.90. The molecular formula is C11H16N2O. The lowest BCUT2D eigenvalue weighted by atomic mass is 10.1. The van der Waals surface area contributed by atoms with Gasteiger partial charge in [0.25, 0.3) is 0 Å². The van der Waals surface area contributed by atoms with E-state index < -0.39 is 0 Å². The monoisotopic (exact) mass is 192 g/mol. The smallest absolute Gasteiger partial charge is 0.218 e. The van der Waals surface area contributed by atoms with Crippen LogP contribution in [0.2, 0.25) is 0 Å². The first-order valence-electron chi connectivity index (χ1n) is 4.73. The maximum atomic E-state index is 5.95. The molecule has 1 unspecified atom stereocenters. The van der Waals surface area contributed by atoms with E-state index >= 15 is 0 Å². The Morgan fingerprint density at radius 3 is 3.14 bits per heavy atom. The van der Waals surface area contributed by atoms with E-state index in [4.69, 9.17) is 10.5 Å². The summed E-state index contributed by atoms with van der Waals surface area (Å²) in [5.41, 5.74) is 6.88. The maximum absolute atomic E-state index is 5.95. The van der Waals surface area contributed by atoms with Crippen LogP contribution in [0.15, 0.2) is 31.0 Å². The summed E-state index contributed by atoms with van der Waals surface area (Å²) in [5.74, 6) is 0.629. The van der Waals surface area contributed by atoms with Gasteiger partial charge in [-0.05, 0) is 19.4 Å². The summed E-state index contributed by atoms with van der Waals surface area (Å²) < 4.78 is 5.38. The Balaban J connectivity index is 2.87. The van der Waals surface area contributed by atoms with E-state index in [2.05, 4.69) is 11.6 Å². The molecule has 0 aliphatic carbocycles. The first kappa shape index (κ1) is 10.7. The minimum Gasteiger partial charge on any atom is -0.478 e. The van der Waals surface area contributed by atoms with Crippen molar-refractivity contribution in [1.29, 1.82) is 0 Å². The largest absolute Gasteiger partial charge is 0.478 e. The maximum Gasteiger partial charge on any atom is 0.218 e. The standard InChI is InChI=1S/C11H16N2O/c1-3-6-10(12)9-7-5-8-13-11(9)14-4-2/h3,5,7-8,10H,1,4,6,12H2,2H3. The van der Waals surface area contributed by atoms with E-state index in [9.17, 15) is 0 Å². The SMILES string of the molecule is C=CCC(N)c1cccnc1OCC. The van der Waals surface area contributed by atoms with Gasteiger partial charge in [0, 0.05) is 17.8 Å². The summed E-state index contributed by atoms with van der Waals surface area (Å²) >= 11 is 0. The van der Waals surface area contributed by atoms with E-state index in [0.29, 0.717) is 12.5 Å². The third-order valence-electron chi connectivity index (χ3n) is 1.90. The second-order valence-electron chi connectivity index (χ2n) is 2.96. The van der Waals surface area contributed by atoms with Crippen LogP contribution in [-0.4, -0.2) is 11.6 Å². The molecule has 3 nitrogen and oxygen atoms in total. The molecule has 0 aliphatic heterocycles. The van der Waals surface area contributed by atoms with Gasteiger partial charge in [0.15, 0.2) is 0 Å². The van der Waals surface area contributed by atoms with Crippen LogP contribution in [0.4, 0.5) is 0 Å². The molecule has 0 bridgehead atoms. The van der Waals surface area contributed by atoms with E-state index in [0.717, 1.165) is 12.0 Å². The quantitative estimate of drug-likeness (QED) is 0.726. The van der Waals surface area contributed by atoms with Crippen molar-refractivity contribution in [2.75, 3.05) is 6.61 Å². The van der Waals surface area contributed by atoms with E-state index in [-0.39, 0.29) is 6.04 Å².